The highest BCUT2D eigenvalue weighted by Gasteiger charge is 2.26. The van der Waals surface area contributed by atoms with Gasteiger partial charge in [0.25, 0.3) is 0 Å². The average Bonchev–Trinajstić information content (AvgIpc) is 2.87. The summed E-state index contributed by atoms with van der Waals surface area (Å²) in [4.78, 5) is 16.2. The van der Waals surface area contributed by atoms with Gasteiger partial charge in [-0.2, -0.15) is 0 Å². The van der Waals surface area contributed by atoms with Gasteiger partial charge in [0, 0.05) is 32.8 Å². The zero-order chi connectivity index (χ0) is 13.7. The number of nitrogens with zero attached hydrogens (tertiary/aromatic N) is 2. The monoisotopic (exact) mass is 269 g/mol. The van der Waals surface area contributed by atoms with Gasteiger partial charge >= 0.3 is 0 Å². The van der Waals surface area contributed by atoms with Gasteiger partial charge in [-0.25, -0.2) is 0 Å². The molecule has 1 saturated heterocycles. The van der Waals surface area contributed by atoms with Crippen LogP contribution in [-0.2, 0) is 4.79 Å². The van der Waals surface area contributed by atoms with Crippen molar-refractivity contribution < 1.29 is 9.90 Å². The maximum Gasteiger partial charge on any atom is 0.236 e. The Bertz CT molecular complexity index is 290. The Labute approximate surface area is 115 Å². The van der Waals surface area contributed by atoms with Crippen molar-refractivity contribution in [3.8, 4) is 0 Å². The third-order valence-electron chi connectivity index (χ3n) is 4.59. The van der Waals surface area contributed by atoms with Crippen LogP contribution < -0.4 is 5.32 Å². The van der Waals surface area contributed by atoms with Crippen molar-refractivity contribution in [3.05, 3.63) is 0 Å². The Morgan fingerprint density at radius 1 is 1.21 bits per heavy atom. The zero-order valence-electron chi connectivity index (χ0n) is 12.0. The van der Waals surface area contributed by atoms with Crippen molar-refractivity contribution in [2.45, 2.75) is 19.3 Å². The molecule has 2 atom stereocenters. The van der Waals surface area contributed by atoms with Gasteiger partial charge in [-0.3, -0.25) is 4.79 Å². The molecule has 2 fully saturated rings. The predicted molar refractivity (Wildman–Crippen MR) is 74.9 cm³/mol. The van der Waals surface area contributed by atoms with E-state index in [-0.39, 0.29) is 5.91 Å². The van der Waals surface area contributed by atoms with E-state index in [2.05, 4.69) is 17.3 Å². The van der Waals surface area contributed by atoms with E-state index < -0.39 is 0 Å². The molecule has 2 rings (SSSR count). The van der Waals surface area contributed by atoms with Crippen molar-refractivity contribution in [1.82, 2.24) is 15.1 Å². The second kappa shape index (κ2) is 7.22. The lowest BCUT2D eigenvalue weighted by Gasteiger charge is -2.32. The molecule has 1 aliphatic carbocycles. The molecular weight excluding hydrogens is 242 g/mol. The van der Waals surface area contributed by atoms with Crippen molar-refractivity contribution >= 4 is 5.91 Å². The lowest BCUT2D eigenvalue weighted by Crippen LogP contribution is -2.49. The summed E-state index contributed by atoms with van der Waals surface area (Å²) < 4.78 is 0. The van der Waals surface area contributed by atoms with Crippen LogP contribution in [0.1, 0.15) is 19.3 Å². The summed E-state index contributed by atoms with van der Waals surface area (Å²) in [5.74, 6) is 1.20. The van der Waals surface area contributed by atoms with Crippen molar-refractivity contribution in [3.63, 3.8) is 0 Å². The number of likely N-dealkylation sites (N-methyl/N-ethyl adjacent to an activating group) is 1. The molecule has 1 amide bonds. The molecule has 0 aromatic carbocycles. The first kappa shape index (κ1) is 14.8. The van der Waals surface area contributed by atoms with Crippen LogP contribution in [0.3, 0.4) is 0 Å². The fraction of sp³-hybridized carbons (Fsp3) is 0.929. The molecule has 0 aromatic rings. The van der Waals surface area contributed by atoms with E-state index in [1.807, 2.05) is 4.90 Å². The molecule has 19 heavy (non-hydrogen) atoms. The zero-order valence-corrected chi connectivity index (χ0v) is 12.0. The summed E-state index contributed by atoms with van der Waals surface area (Å²) >= 11 is 0. The van der Waals surface area contributed by atoms with Crippen LogP contribution in [0, 0.1) is 11.8 Å². The summed E-state index contributed by atoms with van der Waals surface area (Å²) in [5, 5.41) is 12.6. The van der Waals surface area contributed by atoms with Gasteiger partial charge in [-0.15, -0.1) is 0 Å². The van der Waals surface area contributed by atoms with E-state index in [1.54, 1.807) is 0 Å². The largest absolute Gasteiger partial charge is 0.396 e. The lowest BCUT2D eigenvalue weighted by atomic mass is 9.97. The molecule has 0 radical (unpaired) electrons. The first-order valence-corrected chi connectivity index (χ1v) is 7.48. The number of hydrogen-bond donors (Lipinski definition) is 2. The molecular formula is C14H27N3O2. The molecule has 0 spiro atoms. The second-order valence-corrected chi connectivity index (χ2v) is 5.95. The van der Waals surface area contributed by atoms with E-state index in [0.717, 1.165) is 39.1 Å². The fourth-order valence-corrected chi connectivity index (χ4v) is 3.15. The first-order chi connectivity index (χ1) is 9.20. The highest BCUT2D eigenvalue weighted by Crippen LogP contribution is 2.30. The van der Waals surface area contributed by atoms with Crippen molar-refractivity contribution in [2.24, 2.45) is 11.8 Å². The molecule has 5 heteroatoms. The maximum absolute atomic E-state index is 12.0. The number of nitrogens with one attached hydrogen (secondary N) is 1. The number of carbonyl (C=O) groups excluding carboxylic acids is 1. The molecule has 2 unspecified atom stereocenters. The van der Waals surface area contributed by atoms with Gasteiger partial charge in [0.2, 0.25) is 5.91 Å². The lowest BCUT2D eigenvalue weighted by molar-refractivity contribution is -0.131. The third kappa shape index (κ3) is 4.16. The number of rotatable bonds is 5. The minimum atomic E-state index is 0.214. The Balaban J connectivity index is 1.64. The summed E-state index contributed by atoms with van der Waals surface area (Å²) in [5.41, 5.74) is 0. The van der Waals surface area contributed by atoms with E-state index >= 15 is 0 Å². The van der Waals surface area contributed by atoms with E-state index in [0.29, 0.717) is 25.0 Å². The summed E-state index contributed by atoms with van der Waals surface area (Å²) in [6.45, 7) is 5.24. The quantitative estimate of drug-likeness (QED) is 0.723. The first-order valence-electron chi connectivity index (χ1n) is 7.48. The molecule has 110 valence electrons. The van der Waals surface area contributed by atoms with Gasteiger partial charge in [-0.1, -0.05) is 6.42 Å². The van der Waals surface area contributed by atoms with E-state index in [9.17, 15) is 9.90 Å². The van der Waals surface area contributed by atoms with E-state index in [4.69, 9.17) is 0 Å². The summed E-state index contributed by atoms with van der Waals surface area (Å²) in [7, 11) is 2.09. The van der Waals surface area contributed by atoms with Gasteiger partial charge in [-0.05, 0) is 38.3 Å². The molecule has 2 aliphatic rings. The minimum absolute atomic E-state index is 0.214. The maximum atomic E-state index is 12.0. The second-order valence-electron chi connectivity index (χ2n) is 5.95. The van der Waals surface area contributed by atoms with Crippen molar-refractivity contribution in [2.75, 3.05) is 52.9 Å². The van der Waals surface area contributed by atoms with Crippen LogP contribution in [0.4, 0.5) is 0 Å². The highest BCUT2D eigenvalue weighted by atomic mass is 16.3. The van der Waals surface area contributed by atoms with E-state index in [1.165, 1.54) is 12.8 Å². The van der Waals surface area contributed by atoms with Crippen LogP contribution in [0.25, 0.3) is 0 Å². The van der Waals surface area contributed by atoms with Crippen LogP contribution in [-0.4, -0.2) is 73.7 Å². The summed E-state index contributed by atoms with van der Waals surface area (Å²) in [6.07, 6.45) is 3.53. The van der Waals surface area contributed by atoms with Gasteiger partial charge < -0.3 is 20.2 Å². The van der Waals surface area contributed by atoms with Gasteiger partial charge in [0.1, 0.15) is 0 Å². The third-order valence-corrected chi connectivity index (χ3v) is 4.59. The Morgan fingerprint density at radius 3 is 2.58 bits per heavy atom. The Hall–Kier alpha value is -0.650. The Morgan fingerprint density at radius 2 is 1.89 bits per heavy atom. The van der Waals surface area contributed by atoms with Crippen LogP contribution in [0.5, 0.6) is 0 Å². The van der Waals surface area contributed by atoms with Crippen molar-refractivity contribution in [1.29, 1.82) is 0 Å². The fourth-order valence-electron chi connectivity index (χ4n) is 3.15. The number of carbonyl (C=O) groups is 1. The average molecular weight is 269 g/mol. The molecule has 2 N–H and O–H groups in total. The van der Waals surface area contributed by atoms with Gasteiger partial charge in [0.05, 0.1) is 6.54 Å². The molecule has 5 nitrogen and oxygen atoms in total. The smallest absolute Gasteiger partial charge is 0.236 e. The van der Waals surface area contributed by atoms with Crippen LogP contribution >= 0.6 is 0 Å². The standard InChI is InChI=1S/C14H27N3O2/c1-16-5-7-17(8-6-16)14(19)10-15-9-12-3-2-4-13(12)11-18/h12-13,15,18H,2-11H2,1H3. The molecule has 0 bridgehead atoms. The number of aliphatic hydroxyl groups is 1. The molecule has 1 aliphatic heterocycles. The SMILES string of the molecule is CN1CCN(C(=O)CNCC2CCCC2CO)CC1. The van der Waals surface area contributed by atoms with Crippen LogP contribution in [0.15, 0.2) is 0 Å². The Kier molecular flexibility index (Phi) is 5.60. The number of hydrogen-bond acceptors (Lipinski definition) is 4. The highest BCUT2D eigenvalue weighted by molar-refractivity contribution is 5.78. The predicted octanol–water partition coefficient (Wildman–Crippen LogP) is -0.241. The number of amides is 1. The van der Waals surface area contributed by atoms with Crippen LogP contribution in [0.2, 0.25) is 0 Å². The topological polar surface area (TPSA) is 55.8 Å². The molecule has 0 aromatic heterocycles. The minimum Gasteiger partial charge on any atom is -0.396 e. The molecule has 1 saturated carbocycles. The summed E-state index contributed by atoms with van der Waals surface area (Å²) in [6, 6.07) is 0. The number of aliphatic hydroxyl groups excluding tert-OH is 1. The number of piperazine rings is 1. The molecule has 1 heterocycles. The van der Waals surface area contributed by atoms with Gasteiger partial charge in [0.15, 0.2) is 0 Å². The normalized spacial score (nSPS) is 28.8.